The molecule has 10 nitrogen and oxygen atoms in total. The van der Waals surface area contributed by atoms with E-state index in [0.717, 1.165) is 23.1 Å². The number of amides is 4. The number of nitro groups is 1. The van der Waals surface area contributed by atoms with E-state index >= 15 is 0 Å². The Morgan fingerprint density at radius 3 is 2.32 bits per heavy atom. The van der Waals surface area contributed by atoms with Gasteiger partial charge in [0.15, 0.2) is 0 Å². The number of urea groups is 1. The second-order valence-electron chi connectivity index (χ2n) is 7.26. The molecule has 10 heteroatoms. The van der Waals surface area contributed by atoms with E-state index < -0.39 is 22.8 Å². The Hall–Kier alpha value is -4.86. The van der Waals surface area contributed by atoms with Crippen molar-refractivity contribution in [3.63, 3.8) is 0 Å². The fraction of sp³-hybridized carbons (Fsp3) is 0.0833. The molecule has 0 radical (unpaired) electrons. The van der Waals surface area contributed by atoms with E-state index in [1.54, 1.807) is 36.4 Å². The van der Waals surface area contributed by atoms with Crippen LogP contribution < -0.4 is 15.0 Å². The van der Waals surface area contributed by atoms with Crippen LogP contribution in [0.5, 0.6) is 11.6 Å². The monoisotopic (exact) mass is 458 g/mol. The molecule has 0 unspecified atom stereocenters. The van der Waals surface area contributed by atoms with Crippen molar-refractivity contribution in [2.24, 2.45) is 0 Å². The van der Waals surface area contributed by atoms with E-state index in [0.29, 0.717) is 17.0 Å². The molecule has 1 aromatic heterocycles. The van der Waals surface area contributed by atoms with E-state index in [1.165, 1.54) is 18.2 Å². The van der Waals surface area contributed by atoms with Gasteiger partial charge >= 0.3 is 6.03 Å². The summed E-state index contributed by atoms with van der Waals surface area (Å²) in [6.45, 7) is 1.99. The van der Waals surface area contributed by atoms with Gasteiger partial charge in [0.25, 0.3) is 17.5 Å². The third-order valence-corrected chi connectivity index (χ3v) is 5.05. The molecule has 0 saturated carbocycles. The number of rotatable bonds is 6. The van der Waals surface area contributed by atoms with Crippen LogP contribution in [0.1, 0.15) is 18.1 Å². The van der Waals surface area contributed by atoms with Crippen molar-refractivity contribution in [1.29, 1.82) is 0 Å². The summed E-state index contributed by atoms with van der Waals surface area (Å²) in [5, 5.41) is 12.9. The molecule has 34 heavy (non-hydrogen) atoms. The fourth-order valence-electron chi connectivity index (χ4n) is 3.23. The minimum absolute atomic E-state index is 0.154. The van der Waals surface area contributed by atoms with Gasteiger partial charge in [0, 0.05) is 12.1 Å². The average Bonchev–Trinajstić information content (AvgIpc) is 2.83. The lowest BCUT2D eigenvalue weighted by molar-refractivity contribution is -0.385. The van der Waals surface area contributed by atoms with E-state index in [4.69, 9.17) is 4.74 Å². The molecule has 0 aliphatic carbocycles. The standard InChI is InChI=1S/C24H18N4O6/c1-2-15-3-7-17(8-4-15)27-23(30)20(22(29)26-24(27)31)13-16-5-10-19(11-6-16)34-21-12-9-18(14-25-21)28(32)33/h3-14H,2H2,1H3,(H,26,29,31)/b20-13+. The van der Waals surface area contributed by atoms with Crippen LogP contribution in [0.2, 0.25) is 0 Å². The van der Waals surface area contributed by atoms with Gasteiger partial charge in [0.1, 0.15) is 17.5 Å². The summed E-state index contributed by atoms with van der Waals surface area (Å²) in [5.74, 6) is -0.947. The van der Waals surface area contributed by atoms with E-state index in [-0.39, 0.29) is 17.1 Å². The lowest BCUT2D eigenvalue weighted by Gasteiger charge is -2.26. The highest BCUT2D eigenvalue weighted by atomic mass is 16.6. The van der Waals surface area contributed by atoms with E-state index in [2.05, 4.69) is 10.3 Å². The van der Waals surface area contributed by atoms with Crippen molar-refractivity contribution in [3.8, 4) is 11.6 Å². The van der Waals surface area contributed by atoms with Gasteiger partial charge in [-0.2, -0.15) is 0 Å². The van der Waals surface area contributed by atoms with Crippen LogP contribution in [0.4, 0.5) is 16.2 Å². The van der Waals surface area contributed by atoms with Gasteiger partial charge < -0.3 is 4.74 Å². The first-order valence-electron chi connectivity index (χ1n) is 10.2. The van der Waals surface area contributed by atoms with Crippen LogP contribution in [0.3, 0.4) is 0 Å². The number of aromatic nitrogens is 1. The van der Waals surface area contributed by atoms with Gasteiger partial charge in [0.2, 0.25) is 5.88 Å². The number of hydrogen-bond donors (Lipinski definition) is 1. The number of anilines is 1. The maximum atomic E-state index is 13.0. The fourth-order valence-corrected chi connectivity index (χ4v) is 3.23. The normalized spacial score (nSPS) is 14.8. The molecule has 0 spiro atoms. The molecule has 1 N–H and O–H groups in total. The molecular formula is C24H18N4O6. The summed E-state index contributed by atoms with van der Waals surface area (Å²) < 4.78 is 5.55. The van der Waals surface area contributed by atoms with Crippen molar-refractivity contribution in [2.75, 3.05) is 4.90 Å². The minimum atomic E-state index is -0.809. The molecule has 2 heterocycles. The number of carbonyl (C=O) groups excluding carboxylic acids is 3. The summed E-state index contributed by atoms with van der Waals surface area (Å²) in [5.41, 5.74) is 1.59. The quantitative estimate of drug-likeness (QED) is 0.255. The van der Waals surface area contributed by atoms with Gasteiger partial charge in [-0.15, -0.1) is 0 Å². The summed E-state index contributed by atoms with van der Waals surface area (Å²) in [6, 6.07) is 15.2. The lowest BCUT2D eigenvalue weighted by Crippen LogP contribution is -2.54. The highest BCUT2D eigenvalue weighted by Gasteiger charge is 2.36. The van der Waals surface area contributed by atoms with Gasteiger partial charge in [-0.25, -0.2) is 14.7 Å². The second kappa shape index (κ2) is 9.33. The van der Waals surface area contributed by atoms with Gasteiger partial charge in [-0.05, 0) is 47.9 Å². The predicted octanol–water partition coefficient (Wildman–Crippen LogP) is 4.01. The van der Waals surface area contributed by atoms with E-state index in [9.17, 15) is 24.5 Å². The number of ether oxygens (including phenoxy) is 1. The predicted molar refractivity (Wildman–Crippen MR) is 122 cm³/mol. The van der Waals surface area contributed by atoms with Crippen molar-refractivity contribution < 1.29 is 24.0 Å². The molecular weight excluding hydrogens is 440 g/mol. The van der Waals surface area contributed by atoms with Crippen LogP contribution >= 0.6 is 0 Å². The van der Waals surface area contributed by atoms with Crippen LogP contribution in [-0.4, -0.2) is 27.8 Å². The van der Waals surface area contributed by atoms with Gasteiger partial charge in [-0.3, -0.25) is 25.0 Å². The van der Waals surface area contributed by atoms with Crippen LogP contribution in [-0.2, 0) is 16.0 Å². The summed E-state index contributed by atoms with van der Waals surface area (Å²) in [7, 11) is 0. The molecule has 3 aromatic rings. The van der Waals surface area contributed by atoms with Gasteiger partial charge in [0.05, 0.1) is 10.6 Å². The number of carbonyl (C=O) groups is 3. The molecule has 1 aliphatic rings. The first kappa shape index (κ1) is 22.3. The Morgan fingerprint density at radius 1 is 1.03 bits per heavy atom. The number of nitrogens with zero attached hydrogens (tertiary/aromatic N) is 3. The number of barbiturate groups is 1. The summed E-state index contributed by atoms with van der Waals surface area (Å²) in [4.78, 5) is 52.6. The zero-order chi connectivity index (χ0) is 24.2. The second-order valence-corrected chi connectivity index (χ2v) is 7.26. The van der Waals surface area contributed by atoms with Crippen molar-refractivity contribution in [1.82, 2.24) is 10.3 Å². The van der Waals surface area contributed by atoms with Crippen molar-refractivity contribution in [2.45, 2.75) is 13.3 Å². The summed E-state index contributed by atoms with van der Waals surface area (Å²) >= 11 is 0. The van der Waals surface area contributed by atoms with Gasteiger partial charge in [-0.1, -0.05) is 31.2 Å². The zero-order valence-electron chi connectivity index (χ0n) is 17.9. The number of benzene rings is 2. The number of aryl methyl sites for hydroxylation is 1. The third kappa shape index (κ3) is 4.65. The molecule has 1 saturated heterocycles. The molecule has 0 bridgehead atoms. The number of hydrogen-bond acceptors (Lipinski definition) is 7. The molecule has 4 amide bonds. The highest BCUT2D eigenvalue weighted by molar-refractivity contribution is 6.39. The highest BCUT2D eigenvalue weighted by Crippen LogP contribution is 2.25. The molecule has 4 rings (SSSR count). The van der Waals surface area contributed by atoms with Crippen LogP contribution in [0.25, 0.3) is 6.08 Å². The SMILES string of the molecule is CCc1ccc(N2C(=O)NC(=O)/C(=C\c3ccc(Oc4ccc([N+](=O)[O-])cn4)cc3)C2=O)cc1. The molecule has 1 fully saturated rings. The topological polar surface area (TPSA) is 132 Å². The summed E-state index contributed by atoms with van der Waals surface area (Å²) in [6.07, 6.45) is 3.28. The largest absolute Gasteiger partial charge is 0.439 e. The Balaban J connectivity index is 1.53. The average molecular weight is 458 g/mol. The molecule has 1 aliphatic heterocycles. The third-order valence-electron chi connectivity index (χ3n) is 5.05. The minimum Gasteiger partial charge on any atom is -0.439 e. The molecule has 2 aromatic carbocycles. The van der Waals surface area contributed by atoms with Crippen molar-refractivity contribution >= 4 is 35.3 Å². The number of nitrogens with one attached hydrogen (secondary N) is 1. The van der Waals surface area contributed by atoms with Crippen molar-refractivity contribution in [3.05, 3.63) is 93.7 Å². The maximum Gasteiger partial charge on any atom is 0.335 e. The Labute approximate surface area is 193 Å². The Bertz CT molecular complexity index is 1300. The Morgan fingerprint density at radius 2 is 1.74 bits per heavy atom. The van der Waals surface area contributed by atoms with Crippen LogP contribution in [0, 0.1) is 10.1 Å². The molecule has 0 atom stereocenters. The first-order valence-corrected chi connectivity index (χ1v) is 10.2. The number of imide groups is 2. The molecule has 170 valence electrons. The smallest absolute Gasteiger partial charge is 0.335 e. The maximum absolute atomic E-state index is 13.0. The van der Waals surface area contributed by atoms with E-state index in [1.807, 2.05) is 19.1 Å². The first-order chi connectivity index (χ1) is 16.4. The zero-order valence-corrected chi connectivity index (χ0v) is 17.9. The van der Waals surface area contributed by atoms with Crippen LogP contribution in [0.15, 0.2) is 72.4 Å². The number of pyridine rings is 1. The lowest BCUT2D eigenvalue weighted by atomic mass is 10.1. The Kier molecular flexibility index (Phi) is 6.13.